The highest BCUT2D eigenvalue weighted by atomic mass is 79.9. The zero-order valence-electron chi connectivity index (χ0n) is 15.6. The van der Waals surface area contributed by atoms with Gasteiger partial charge in [0.05, 0.1) is 6.04 Å². The van der Waals surface area contributed by atoms with E-state index in [2.05, 4.69) is 50.3 Å². The summed E-state index contributed by atoms with van der Waals surface area (Å²) in [5.74, 6) is -2.14. The maximum atomic E-state index is 12.4. The molecule has 1 aliphatic carbocycles. The van der Waals surface area contributed by atoms with Crippen molar-refractivity contribution in [2.24, 2.45) is 5.41 Å². The van der Waals surface area contributed by atoms with Crippen molar-refractivity contribution < 1.29 is 27.9 Å². The Hall–Kier alpha value is -2.20. The molecule has 1 saturated heterocycles. The van der Waals surface area contributed by atoms with Crippen LogP contribution in [0.15, 0.2) is 41.5 Å². The van der Waals surface area contributed by atoms with Gasteiger partial charge in [-0.25, -0.2) is 9.78 Å². The number of nitrogens with zero attached hydrogens (tertiary/aromatic N) is 1. The number of allylic oxidation sites excluding steroid dienone is 2. The van der Waals surface area contributed by atoms with Gasteiger partial charge in [0.2, 0.25) is 5.91 Å². The number of carboxylic acid groups (broad SMARTS) is 1. The second kappa shape index (κ2) is 9.08. The Morgan fingerprint density at radius 3 is 2.69 bits per heavy atom. The number of fused-ring (bicyclic) bond motifs is 1. The van der Waals surface area contributed by atoms with Crippen molar-refractivity contribution in [3.05, 3.63) is 47.1 Å². The molecule has 3 atom stereocenters. The highest BCUT2D eigenvalue weighted by Gasteiger charge is 2.59. The van der Waals surface area contributed by atoms with Gasteiger partial charge in [0.1, 0.15) is 10.4 Å². The third-order valence-electron chi connectivity index (χ3n) is 4.72. The number of aryl methyl sites for hydroxylation is 1. The number of nitrogens with one attached hydrogen (secondary N) is 2. The summed E-state index contributed by atoms with van der Waals surface area (Å²) >= 11 is 3.33. The fourth-order valence-corrected chi connectivity index (χ4v) is 3.42. The number of carboxylic acids is 1. The third-order valence-corrected chi connectivity index (χ3v) is 5.16. The first-order valence-electron chi connectivity index (χ1n) is 8.77. The largest absolute Gasteiger partial charge is 0.490 e. The zero-order chi connectivity index (χ0) is 21.8. The van der Waals surface area contributed by atoms with Gasteiger partial charge in [0.25, 0.3) is 0 Å². The molecule has 0 unspecified atom stereocenters. The molecular formula is C19H21BrF3N3O3. The summed E-state index contributed by atoms with van der Waals surface area (Å²) in [4.78, 5) is 25.7. The van der Waals surface area contributed by atoms with Gasteiger partial charge in [-0.1, -0.05) is 24.3 Å². The first kappa shape index (κ1) is 23.1. The Balaban J connectivity index is 0.000000370. The standard InChI is InChI=1S/C17H20BrN3O.C2HF3O2/c1-3-4-5-8-17-9-12(19-13(17)10-17)16(22)21-15-11(2)6-7-14(18)20-15;3-2(4,5)1(6)7/h3,5-8,12-13,19H,1,4,9-10H2,2H3,(H,20,21,22);(H,6,7)/t12-,13+,17-;/m0./s1. The summed E-state index contributed by atoms with van der Waals surface area (Å²) in [6.07, 6.45) is 4.06. The van der Waals surface area contributed by atoms with Crippen molar-refractivity contribution in [3.63, 3.8) is 0 Å². The molecule has 3 rings (SSSR count). The van der Waals surface area contributed by atoms with E-state index in [4.69, 9.17) is 9.90 Å². The van der Waals surface area contributed by atoms with Gasteiger partial charge in [0, 0.05) is 11.5 Å². The molecule has 1 amide bonds. The molecule has 10 heteroatoms. The number of pyridine rings is 1. The van der Waals surface area contributed by atoms with Crippen LogP contribution >= 0.6 is 15.9 Å². The number of hydrogen-bond donors (Lipinski definition) is 3. The SMILES string of the molecule is C=CCC=C[C@@]12C[C@@H](C(=O)Nc3nc(Br)ccc3C)N[C@@H]1C2.O=C(O)C(F)(F)F. The predicted octanol–water partition coefficient (Wildman–Crippen LogP) is 3.98. The first-order chi connectivity index (χ1) is 13.5. The van der Waals surface area contributed by atoms with Gasteiger partial charge in [-0.3, -0.25) is 4.79 Å². The van der Waals surface area contributed by atoms with Crippen molar-refractivity contribution >= 4 is 33.6 Å². The van der Waals surface area contributed by atoms with Gasteiger partial charge < -0.3 is 15.7 Å². The number of amides is 1. The van der Waals surface area contributed by atoms with E-state index in [0.29, 0.717) is 11.9 Å². The van der Waals surface area contributed by atoms with Crippen LogP contribution in [0.5, 0.6) is 0 Å². The number of hydrogen-bond acceptors (Lipinski definition) is 4. The van der Waals surface area contributed by atoms with Crippen LogP contribution in [0.2, 0.25) is 0 Å². The topological polar surface area (TPSA) is 91.3 Å². The molecule has 0 radical (unpaired) electrons. The molecule has 0 bridgehead atoms. The minimum Gasteiger partial charge on any atom is -0.475 e. The number of carbonyl (C=O) groups excluding carboxylic acids is 1. The molecule has 1 aromatic rings. The molecular weight excluding hydrogens is 455 g/mol. The molecule has 6 nitrogen and oxygen atoms in total. The van der Waals surface area contributed by atoms with Crippen LogP contribution in [-0.4, -0.2) is 40.2 Å². The van der Waals surface area contributed by atoms with Gasteiger partial charge >= 0.3 is 12.1 Å². The number of aliphatic carboxylic acids is 1. The van der Waals surface area contributed by atoms with Crippen LogP contribution in [0, 0.1) is 12.3 Å². The quantitative estimate of drug-likeness (QED) is 0.442. The van der Waals surface area contributed by atoms with Crippen LogP contribution in [0.25, 0.3) is 0 Å². The minimum atomic E-state index is -5.08. The minimum absolute atomic E-state index is 0.00241. The molecule has 0 spiro atoms. The summed E-state index contributed by atoms with van der Waals surface area (Å²) in [7, 11) is 0. The van der Waals surface area contributed by atoms with E-state index >= 15 is 0 Å². The van der Waals surface area contributed by atoms with E-state index in [-0.39, 0.29) is 17.4 Å². The van der Waals surface area contributed by atoms with Gasteiger partial charge in [-0.05, 0) is 53.7 Å². The van der Waals surface area contributed by atoms with Crippen molar-refractivity contribution in [2.75, 3.05) is 5.32 Å². The average molecular weight is 476 g/mol. The highest BCUT2D eigenvalue weighted by Crippen LogP contribution is 2.55. The molecule has 1 aliphatic heterocycles. The third kappa shape index (κ3) is 6.14. The van der Waals surface area contributed by atoms with Gasteiger partial charge in [0.15, 0.2) is 0 Å². The fourth-order valence-electron chi connectivity index (χ4n) is 3.11. The van der Waals surface area contributed by atoms with Crippen LogP contribution in [0.1, 0.15) is 24.8 Å². The monoisotopic (exact) mass is 475 g/mol. The molecule has 3 N–H and O–H groups in total. The van der Waals surface area contributed by atoms with Crippen molar-refractivity contribution in [2.45, 2.75) is 44.4 Å². The van der Waals surface area contributed by atoms with Crippen molar-refractivity contribution in [1.82, 2.24) is 10.3 Å². The lowest BCUT2D eigenvalue weighted by Crippen LogP contribution is -2.38. The number of piperidine rings is 1. The van der Waals surface area contributed by atoms with Crippen LogP contribution < -0.4 is 10.6 Å². The number of anilines is 1. The molecule has 2 fully saturated rings. The second-order valence-corrected chi connectivity index (χ2v) is 7.74. The van der Waals surface area contributed by atoms with Crippen LogP contribution in [0.4, 0.5) is 19.0 Å². The summed E-state index contributed by atoms with van der Waals surface area (Å²) < 4.78 is 32.5. The fraction of sp³-hybridized carbons (Fsp3) is 0.421. The molecule has 0 aromatic carbocycles. The molecule has 1 saturated carbocycles. The first-order valence-corrected chi connectivity index (χ1v) is 9.56. The zero-order valence-corrected chi connectivity index (χ0v) is 17.2. The van der Waals surface area contributed by atoms with Crippen LogP contribution in [0.3, 0.4) is 0 Å². The van der Waals surface area contributed by atoms with E-state index in [0.717, 1.165) is 29.4 Å². The average Bonchev–Trinajstić information content (AvgIpc) is 3.17. The Bertz CT molecular complexity index is 829. The smallest absolute Gasteiger partial charge is 0.475 e. The molecule has 1 aromatic heterocycles. The summed E-state index contributed by atoms with van der Waals surface area (Å²) in [6.45, 7) is 5.66. The lowest BCUT2D eigenvalue weighted by Gasteiger charge is -2.15. The number of halogens is 4. The number of aromatic nitrogens is 1. The lowest BCUT2D eigenvalue weighted by atomic mass is 9.98. The van der Waals surface area contributed by atoms with Crippen molar-refractivity contribution in [3.8, 4) is 0 Å². The lowest BCUT2D eigenvalue weighted by molar-refractivity contribution is -0.192. The Morgan fingerprint density at radius 1 is 1.45 bits per heavy atom. The molecule has 2 aliphatic rings. The number of alkyl halides is 3. The maximum absolute atomic E-state index is 12.4. The van der Waals surface area contributed by atoms with E-state index in [1.807, 2.05) is 25.1 Å². The second-order valence-electron chi connectivity index (χ2n) is 6.93. The van der Waals surface area contributed by atoms with Gasteiger partial charge in [-0.15, -0.1) is 6.58 Å². The molecule has 29 heavy (non-hydrogen) atoms. The Kier molecular flexibility index (Phi) is 7.23. The summed E-state index contributed by atoms with van der Waals surface area (Å²) in [6, 6.07) is 4.09. The molecule has 158 valence electrons. The number of rotatable bonds is 5. The van der Waals surface area contributed by atoms with E-state index in [1.165, 1.54) is 0 Å². The van der Waals surface area contributed by atoms with E-state index in [9.17, 15) is 18.0 Å². The van der Waals surface area contributed by atoms with Crippen LogP contribution in [-0.2, 0) is 9.59 Å². The number of carbonyl (C=O) groups is 2. The predicted molar refractivity (Wildman–Crippen MR) is 105 cm³/mol. The van der Waals surface area contributed by atoms with E-state index in [1.54, 1.807) is 0 Å². The summed E-state index contributed by atoms with van der Waals surface area (Å²) in [5.41, 5.74) is 1.13. The van der Waals surface area contributed by atoms with E-state index < -0.39 is 12.1 Å². The Morgan fingerprint density at radius 2 is 2.10 bits per heavy atom. The normalized spacial score (nSPS) is 25.0. The highest BCUT2D eigenvalue weighted by molar-refractivity contribution is 9.10. The molecule has 2 heterocycles. The van der Waals surface area contributed by atoms with Crippen molar-refractivity contribution in [1.29, 1.82) is 0 Å². The maximum Gasteiger partial charge on any atom is 0.490 e. The summed E-state index contributed by atoms with van der Waals surface area (Å²) in [5, 5.41) is 13.5. The van der Waals surface area contributed by atoms with Gasteiger partial charge in [-0.2, -0.15) is 13.2 Å². The Labute approximate surface area is 174 Å².